The van der Waals surface area contributed by atoms with Crippen LogP contribution in [0.15, 0.2) is 10.6 Å². The maximum atomic E-state index is 13.4. The molecule has 0 radical (unpaired) electrons. The molecule has 0 aliphatic heterocycles. The van der Waals surface area contributed by atoms with Gasteiger partial charge in [-0.2, -0.15) is 0 Å². The van der Waals surface area contributed by atoms with Crippen molar-refractivity contribution in [1.29, 1.82) is 0 Å². The standard InChI is InChI=1S/C20H25N3O2/c1-10-4-16(17-11(2)22-25-19(17)21-10)20(24)23(3)18-14-6-12-5-13(8-14)9-15(18)7-12/h4,12-15,18H,5-9H2,1-3H3. The molecule has 0 atom stereocenters. The molecule has 2 aromatic rings. The van der Waals surface area contributed by atoms with Crippen molar-refractivity contribution in [2.45, 2.75) is 52.0 Å². The van der Waals surface area contributed by atoms with E-state index in [1.54, 1.807) is 0 Å². The topological polar surface area (TPSA) is 59.2 Å². The van der Waals surface area contributed by atoms with E-state index in [4.69, 9.17) is 4.52 Å². The van der Waals surface area contributed by atoms with Gasteiger partial charge < -0.3 is 9.42 Å². The monoisotopic (exact) mass is 339 g/mol. The van der Waals surface area contributed by atoms with E-state index >= 15 is 0 Å². The van der Waals surface area contributed by atoms with Gasteiger partial charge in [-0.1, -0.05) is 5.16 Å². The molecule has 0 N–H and O–H groups in total. The molecule has 25 heavy (non-hydrogen) atoms. The summed E-state index contributed by atoms with van der Waals surface area (Å²) in [5.74, 6) is 3.30. The second-order valence-corrected chi connectivity index (χ2v) is 8.60. The molecule has 5 nitrogen and oxygen atoms in total. The predicted molar refractivity (Wildman–Crippen MR) is 94.2 cm³/mol. The fourth-order valence-electron chi connectivity index (χ4n) is 6.24. The maximum Gasteiger partial charge on any atom is 0.258 e. The Bertz CT molecular complexity index is 828. The average Bonchev–Trinajstić information content (AvgIpc) is 2.93. The van der Waals surface area contributed by atoms with Crippen LogP contribution in [0.4, 0.5) is 0 Å². The molecule has 0 spiro atoms. The van der Waals surface area contributed by atoms with Gasteiger partial charge in [-0.3, -0.25) is 4.79 Å². The van der Waals surface area contributed by atoms with Gasteiger partial charge in [0, 0.05) is 18.8 Å². The number of nitrogens with zero attached hydrogens (tertiary/aromatic N) is 3. The summed E-state index contributed by atoms with van der Waals surface area (Å²) in [6, 6.07) is 2.28. The maximum absolute atomic E-state index is 13.4. The molecule has 4 saturated carbocycles. The minimum Gasteiger partial charge on any atom is -0.338 e. The van der Waals surface area contributed by atoms with Crippen molar-refractivity contribution in [3.63, 3.8) is 0 Å². The van der Waals surface area contributed by atoms with Crippen LogP contribution >= 0.6 is 0 Å². The SMILES string of the molecule is Cc1cc(C(=O)N(C)C2C3CC4CC(C3)CC2C4)c2c(C)noc2n1. The Labute approximate surface area is 147 Å². The Hall–Kier alpha value is -1.91. The zero-order valence-electron chi connectivity index (χ0n) is 15.2. The van der Waals surface area contributed by atoms with E-state index in [1.165, 1.54) is 32.1 Å². The number of hydrogen-bond donors (Lipinski definition) is 0. The van der Waals surface area contributed by atoms with E-state index < -0.39 is 0 Å². The number of pyridine rings is 1. The van der Waals surface area contributed by atoms with Gasteiger partial charge in [-0.15, -0.1) is 0 Å². The number of amides is 1. The molecule has 4 fully saturated rings. The number of rotatable bonds is 2. The molecule has 6 rings (SSSR count). The highest BCUT2D eigenvalue weighted by atomic mass is 16.5. The van der Waals surface area contributed by atoms with Crippen molar-refractivity contribution < 1.29 is 9.32 Å². The van der Waals surface area contributed by atoms with Gasteiger partial charge in [0.1, 0.15) is 0 Å². The van der Waals surface area contributed by atoms with Crippen molar-refractivity contribution in [3.05, 3.63) is 23.0 Å². The fraction of sp³-hybridized carbons (Fsp3) is 0.650. The van der Waals surface area contributed by atoms with Crippen LogP contribution in [-0.4, -0.2) is 34.0 Å². The molecule has 132 valence electrons. The summed E-state index contributed by atoms with van der Waals surface area (Å²) in [5, 5.41) is 4.79. The Balaban J connectivity index is 1.51. The molecule has 4 bridgehead atoms. The van der Waals surface area contributed by atoms with Gasteiger partial charge in [0.15, 0.2) is 0 Å². The number of aryl methyl sites for hydroxylation is 2. The van der Waals surface area contributed by atoms with Crippen molar-refractivity contribution in [1.82, 2.24) is 15.0 Å². The number of carbonyl (C=O) groups excluding carboxylic acids is 1. The quantitative estimate of drug-likeness (QED) is 0.836. The van der Waals surface area contributed by atoms with E-state index in [1.807, 2.05) is 31.9 Å². The van der Waals surface area contributed by atoms with Gasteiger partial charge in [0.25, 0.3) is 11.6 Å². The lowest BCUT2D eigenvalue weighted by Crippen LogP contribution is -2.56. The molecule has 2 aromatic heterocycles. The first-order valence-electron chi connectivity index (χ1n) is 9.52. The first-order chi connectivity index (χ1) is 12.0. The number of carbonyl (C=O) groups is 1. The molecule has 4 aliphatic carbocycles. The summed E-state index contributed by atoms with van der Waals surface area (Å²) in [6.45, 7) is 3.78. The van der Waals surface area contributed by atoms with Gasteiger partial charge in [0.05, 0.1) is 16.6 Å². The minimum absolute atomic E-state index is 0.0965. The highest BCUT2D eigenvalue weighted by Crippen LogP contribution is 2.55. The normalized spacial score (nSPS) is 33.2. The van der Waals surface area contributed by atoms with Crippen LogP contribution in [0.5, 0.6) is 0 Å². The average molecular weight is 339 g/mol. The van der Waals surface area contributed by atoms with E-state index in [2.05, 4.69) is 10.1 Å². The minimum atomic E-state index is 0.0965. The Morgan fingerprint density at radius 3 is 2.40 bits per heavy atom. The number of hydrogen-bond acceptors (Lipinski definition) is 4. The van der Waals surface area contributed by atoms with E-state index in [9.17, 15) is 4.79 Å². The van der Waals surface area contributed by atoms with Crippen LogP contribution < -0.4 is 0 Å². The summed E-state index contributed by atoms with van der Waals surface area (Å²) in [7, 11) is 2.00. The van der Waals surface area contributed by atoms with Gasteiger partial charge in [-0.05, 0) is 75.7 Å². The van der Waals surface area contributed by atoms with Crippen molar-refractivity contribution in [2.75, 3.05) is 7.05 Å². The largest absolute Gasteiger partial charge is 0.338 e. The summed E-state index contributed by atoms with van der Waals surface area (Å²) < 4.78 is 5.31. The highest BCUT2D eigenvalue weighted by molar-refractivity contribution is 6.06. The highest BCUT2D eigenvalue weighted by Gasteiger charge is 2.50. The van der Waals surface area contributed by atoms with E-state index in [0.717, 1.165) is 28.6 Å². The molecule has 5 heteroatoms. The first kappa shape index (κ1) is 15.4. The lowest BCUT2D eigenvalue weighted by Gasteiger charge is -2.56. The first-order valence-corrected chi connectivity index (χ1v) is 9.52. The second-order valence-electron chi connectivity index (χ2n) is 8.60. The molecule has 4 aliphatic rings. The molecule has 0 aromatic carbocycles. The molecular weight excluding hydrogens is 314 g/mol. The number of fused-ring (bicyclic) bond motifs is 1. The van der Waals surface area contributed by atoms with Crippen LogP contribution in [0.1, 0.15) is 53.8 Å². The zero-order valence-corrected chi connectivity index (χ0v) is 15.2. The molecule has 1 amide bonds. The summed E-state index contributed by atoms with van der Waals surface area (Å²) >= 11 is 0. The Morgan fingerprint density at radius 1 is 1.12 bits per heavy atom. The summed E-state index contributed by atoms with van der Waals surface area (Å²) in [6.07, 6.45) is 6.68. The summed E-state index contributed by atoms with van der Waals surface area (Å²) in [5.41, 5.74) is 2.70. The molecule has 0 saturated heterocycles. The predicted octanol–water partition coefficient (Wildman–Crippen LogP) is 3.74. The third-order valence-electron chi connectivity index (χ3n) is 6.92. The van der Waals surface area contributed by atoms with Crippen molar-refractivity contribution in [3.8, 4) is 0 Å². The Kier molecular flexibility index (Phi) is 3.25. The van der Waals surface area contributed by atoms with Gasteiger partial charge in [0.2, 0.25) is 0 Å². The zero-order chi connectivity index (χ0) is 17.3. The summed E-state index contributed by atoms with van der Waals surface area (Å²) in [4.78, 5) is 19.8. The second kappa shape index (κ2) is 5.29. The third kappa shape index (κ3) is 2.24. The van der Waals surface area contributed by atoms with Crippen LogP contribution in [0.2, 0.25) is 0 Å². The van der Waals surface area contributed by atoms with Crippen LogP contribution in [0.3, 0.4) is 0 Å². The smallest absolute Gasteiger partial charge is 0.258 e. The van der Waals surface area contributed by atoms with Crippen molar-refractivity contribution in [2.24, 2.45) is 23.7 Å². The van der Waals surface area contributed by atoms with Crippen molar-refractivity contribution >= 4 is 17.0 Å². The van der Waals surface area contributed by atoms with Crippen LogP contribution in [-0.2, 0) is 0 Å². The van der Waals surface area contributed by atoms with E-state index in [0.29, 0.717) is 29.2 Å². The van der Waals surface area contributed by atoms with Gasteiger partial charge in [-0.25, -0.2) is 4.98 Å². The lowest BCUT2D eigenvalue weighted by molar-refractivity contribution is -0.0490. The molecule has 2 heterocycles. The van der Waals surface area contributed by atoms with Gasteiger partial charge >= 0.3 is 0 Å². The molecule has 0 unspecified atom stereocenters. The Morgan fingerprint density at radius 2 is 1.76 bits per heavy atom. The third-order valence-corrected chi connectivity index (χ3v) is 6.92. The van der Waals surface area contributed by atoms with Crippen LogP contribution in [0, 0.1) is 37.5 Å². The fourth-order valence-corrected chi connectivity index (χ4v) is 6.24. The van der Waals surface area contributed by atoms with Crippen LogP contribution in [0.25, 0.3) is 11.1 Å². The number of aromatic nitrogens is 2. The van der Waals surface area contributed by atoms with E-state index in [-0.39, 0.29) is 5.91 Å². The molecular formula is C20H25N3O2. The lowest BCUT2D eigenvalue weighted by atomic mass is 9.54.